The molecule has 2 rings (SSSR count). The van der Waals surface area contributed by atoms with Gasteiger partial charge in [0.1, 0.15) is 0 Å². The first kappa shape index (κ1) is 16.7. The summed E-state index contributed by atoms with van der Waals surface area (Å²) >= 11 is 1.69. The second-order valence-corrected chi connectivity index (χ2v) is 6.72. The first-order valence-corrected chi connectivity index (χ1v) is 8.64. The molecule has 1 saturated carbocycles. The number of hydrogen-bond donors (Lipinski definition) is 3. The van der Waals surface area contributed by atoms with Gasteiger partial charge in [0.15, 0.2) is 5.96 Å². The fourth-order valence-corrected chi connectivity index (χ4v) is 2.93. The van der Waals surface area contributed by atoms with Crippen molar-refractivity contribution in [3.8, 4) is 0 Å². The van der Waals surface area contributed by atoms with E-state index in [2.05, 4.69) is 25.9 Å². The van der Waals surface area contributed by atoms with Crippen LogP contribution in [0.4, 0.5) is 0 Å². The van der Waals surface area contributed by atoms with Gasteiger partial charge in [0, 0.05) is 30.4 Å². The summed E-state index contributed by atoms with van der Waals surface area (Å²) in [5.41, 5.74) is 1.05. The van der Waals surface area contributed by atoms with Crippen LogP contribution in [0.15, 0.2) is 4.99 Å². The topological polar surface area (TPSA) is 78.4 Å². The highest BCUT2D eigenvalue weighted by Crippen LogP contribution is 2.28. The number of nitrogens with zero attached hydrogens (tertiary/aromatic N) is 2. The highest BCUT2D eigenvalue weighted by molar-refractivity contribution is 7.11. The first-order valence-electron chi connectivity index (χ1n) is 7.83. The van der Waals surface area contributed by atoms with Crippen molar-refractivity contribution in [1.82, 2.24) is 20.9 Å². The number of aliphatic imine (C=N–C) groups is 1. The number of rotatable bonds is 7. The molecule has 1 aliphatic carbocycles. The van der Waals surface area contributed by atoms with E-state index in [1.54, 1.807) is 11.3 Å². The van der Waals surface area contributed by atoms with Crippen molar-refractivity contribution in [2.75, 3.05) is 19.6 Å². The second kappa shape index (κ2) is 8.12. The maximum Gasteiger partial charge on any atom is 0.223 e. The summed E-state index contributed by atoms with van der Waals surface area (Å²) in [4.78, 5) is 21.7. The molecule has 6 nitrogen and oxygen atoms in total. The lowest BCUT2D eigenvalue weighted by Gasteiger charge is -2.11. The molecule has 1 heterocycles. The molecule has 0 saturated heterocycles. The summed E-state index contributed by atoms with van der Waals surface area (Å²) in [6.07, 6.45) is 2.08. The number of carbonyl (C=O) groups excluding carboxylic acids is 1. The molecule has 1 fully saturated rings. The van der Waals surface area contributed by atoms with Crippen LogP contribution < -0.4 is 16.0 Å². The van der Waals surface area contributed by atoms with Crippen LogP contribution >= 0.6 is 11.3 Å². The van der Waals surface area contributed by atoms with Crippen molar-refractivity contribution < 1.29 is 4.79 Å². The van der Waals surface area contributed by atoms with E-state index < -0.39 is 0 Å². The average molecular weight is 323 g/mol. The molecule has 7 heteroatoms. The maximum absolute atomic E-state index is 11.5. The number of thiazole rings is 1. The van der Waals surface area contributed by atoms with Gasteiger partial charge in [0.25, 0.3) is 0 Å². The normalized spacial score (nSPS) is 14.8. The van der Waals surface area contributed by atoms with Crippen LogP contribution in [0.3, 0.4) is 0 Å². The fourth-order valence-electron chi connectivity index (χ4n) is 2.07. The van der Waals surface area contributed by atoms with Crippen LogP contribution in [0.25, 0.3) is 0 Å². The third kappa shape index (κ3) is 5.29. The maximum atomic E-state index is 11.5. The van der Waals surface area contributed by atoms with Gasteiger partial charge in [0.05, 0.1) is 17.2 Å². The third-order valence-corrected chi connectivity index (χ3v) is 4.45. The summed E-state index contributed by atoms with van der Waals surface area (Å²) in [5.74, 6) is 1.22. The Balaban J connectivity index is 1.76. The van der Waals surface area contributed by atoms with Crippen LogP contribution in [-0.2, 0) is 11.3 Å². The lowest BCUT2D eigenvalue weighted by Crippen LogP contribution is -2.41. The Labute approximate surface area is 135 Å². The molecule has 3 N–H and O–H groups in total. The van der Waals surface area contributed by atoms with Crippen molar-refractivity contribution in [3.05, 3.63) is 15.6 Å². The molecule has 1 aromatic heterocycles. The zero-order valence-corrected chi connectivity index (χ0v) is 14.3. The minimum absolute atomic E-state index is 0.180. The number of aromatic nitrogens is 1. The van der Waals surface area contributed by atoms with Gasteiger partial charge in [-0.3, -0.25) is 4.79 Å². The molecule has 1 aliphatic rings. The van der Waals surface area contributed by atoms with E-state index in [0.717, 1.165) is 36.0 Å². The number of carbonyl (C=O) groups is 1. The van der Waals surface area contributed by atoms with Gasteiger partial charge >= 0.3 is 0 Å². The van der Waals surface area contributed by atoms with Crippen LogP contribution in [-0.4, -0.2) is 36.5 Å². The molecular formula is C15H25N5OS. The molecule has 0 bridgehead atoms. The molecule has 0 atom stereocenters. The zero-order chi connectivity index (χ0) is 15.9. The molecule has 22 heavy (non-hydrogen) atoms. The van der Waals surface area contributed by atoms with Crippen molar-refractivity contribution in [2.24, 2.45) is 10.9 Å². The third-order valence-electron chi connectivity index (χ3n) is 3.39. The molecule has 1 aromatic rings. The van der Waals surface area contributed by atoms with Crippen LogP contribution in [0.1, 0.15) is 35.3 Å². The molecule has 1 amide bonds. The van der Waals surface area contributed by atoms with Gasteiger partial charge in [-0.1, -0.05) is 0 Å². The molecule has 0 unspecified atom stereocenters. The number of aryl methyl sites for hydroxylation is 2. The predicted molar refractivity (Wildman–Crippen MR) is 90.1 cm³/mol. The largest absolute Gasteiger partial charge is 0.357 e. The Morgan fingerprint density at radius 3 is 2.59 bits per heavy atom. The Kier molecular flexibility index (Phi) is 6.18. The predicted octanol–water partition coefficient (Wildman–Crippen LogP) is 1.34. The molecule has 122 valence electrons. The second-order valence-electron chi connectivity index (χ2n) is 5.43. The Bertz CT molecular complexity index is 536. The minimum Gasteiger partial charge on any atom is -0.357 e. The first-order chi connectivity index (χ1) is 10.6. The Morgan fingerprint density at radius 2 is 2.00 bits per heavy atom. The van der Waals surface area contributed by atoms with Gasteiger partial charge in [0.2, 0.25) is 5.91 Å². The van der Waals surface area contributed by atoms with Gasteiger partial charge in [-0.25, -0.2) is 9.98 Å². The van der Waals surface area contributed by atoms with Gasteiger partial charge in [-0.2, -0.15) is 0 Å². The number of guanidine groups is 1. The molecule has 0 radical (unpaired) electrons. The monoisotopic (exact) mass is 323 g/mol. The SMILES string of the molecule is CCNC(=NCc1sc(C)nc1C)NCCNC(=O)C1CC1. The summed E-state index contributed by atoms with van der Waals surface area (Å²) in [6.45, 7) is 8.79. The fraction of sp³-hybridized carbons (Fsp3) is 0.667. The molecule has 0 aromatic carbocycles. The molecule has 0 spiro atoms. The number of amides is 1. The van der Waals surface area contributed by atoms with E-state index in [-0.39, 0.29) is 11.8 Å². The minimum atomic E-state index is 0.180. The Hall–Kier alpha value is -1.63. The lowest BCUT2D eigenvalue weighted by molar-refractivity contribution is -0.122. The van der Waals surface area contributed by atoms with Crippen LogP contribution in [0.5, 0.6) is 0 Å². The van der Waals surface area contributed by atoms with Crippen molar-refractivity contribution in [3.63, 3.8) is 0 Å². The van der Waals surface area contributed by atoms with Gasteiger partial charge < -0.3 is 16.0 Å². The number of hydrogen-bond acceptors (Lipinski definition) is 4. The van der Waals surface area contributed by atoms with E-state index in [1.165, 1.54) is 4.88 Å². The van der Waals surface area contributed by atoms with E-state index >= 15 is 0 Å². The van der Waals surface area contributed by atoms with Gasteiger partial charge in [-0.15, -0.1) is 11.3 Å². The van der Waals surface area contributed by atoms with Crippen molar-refractivity contribution in [1.29, 1.82) is 0 Å². The van der Waals surface area contributed by atoms with Crippen LogP contribution in [0, 0.1) is 19.8 Å². The summed E-state index contributed by atoms with van der Waals surface area (Å²) in [7, 11) is 0. The quantitative estimate of drug-likeness (QED) is 0.402. The number of nitrogens with one attached hydrogen (secondary N) is 3. The lowest BCUT2D eigenvalue weighted by atomic mass is 10.4. The summed E-state index contributed by atoms with van der Waals surface area (Å²) < 4.78 is 0. The molecule has 0 aliphatic heterocycles. The zero-order valence-electron chi connectivity index (χ0n) is 13.5. The van der Waals surface area contributed by atoms with E-state index in [0.29, 0.717) is 19.6 Å². The summed E-state index contributed by atoms with van der Waals surface area (Å²) in [5, 5.41) is 10.5. The Morgan fingerprint density at radius 1 is 1.27 bits per heavy atom. The highest BCUT2D eigenvalue weighted by atomic mass is 32.1. The highest BCUT2D eigenvalue weighted by Gasteiger charge is 2.28. The van der Waals surface area contributed by atoms with Gasteiger partial charge in [-0.05, 0) is 33.6 Å². The van der Waals surface area contributed by atoms with Crippen molar-refractivity contribution in [2.45, 2.75) is 40.2 Å². The molecular weight excluding hydrogens is 298 g/mol. The standard InChI is InChI=1S/C15H25N5OS/c1-4-16-15(18-8-7-17-14(21)12-5-6-12)19-9-13-10(2)20-11(3)22-13/h12H,4-9H2,1-3H3,(H,17,21)(H2,16,18,19). The van der Waals surface area contributed by atoms with E-state index in [4.69, 9.17) is 0 Å². The smallest absolute Gasteiger partial charge is 0.223 e. The summed E-state index contributed by atoms with van der Waals surface area (Å²) in [6, 6.07) is 0. The van der Waals surface area contributed by atoms with Crippen molar-refractivity contribution >= 4 is 23.2 Å². The van der Waals surface area contributed by atoms with E-state index in [1.807, 2.05) is 20.8 Å². The average Bonchev–Trinajstić information content (AvgIpc) is 3.27. The van der Waals surface area contributed by atoms with E-state index in [9.17, 15) is 4.79 Å². The van der Waals surface area contributed by atoms with Crippen LogP contribution in [0.2, 0.25) is 0 Å².